The Kier molecular flexibility index (Phi) is 6.77. The van der Waals surface area contributed by atoms with Gasteiger partial charge in [0.2, 0.25) is 0 Å². The molecule has 0 aliphatic carbocycles. The minimum Gasteiger partial charge on any atom is -0.336 e. The maximum Gasteiger partial charge on any atom is 0.435 e. The van der Waals surface area contributed by atoms with Crippen LogP contribution < -0.4 is 10.6 Å². The van der Waals surface area contributed by atoms with Gasteiger partial charge >= 0.3 is 12.2 Å². The van der Waals surface area contributed by atoms with Crippen LogP contribution in [0.3, 0.4) is 0 Å². The summed E-state index contributed by atoms with van der Waals surface area (Å²) in [5, 5.41) is 10.2. The Morgan fingerprint density at radius 3 is 2.72 bits per heavy atom. The number of carbonyl (C=O) groups is 2. The number of rotatable bonds is 6. The third-order valence-electron chi connectivity index (χ3n) is 4.19. The number of urea groups is 1. The molecule has 0 saturated heterocycles. The minimum absolute atomic E-state index is 0.0753. The smallest absolute Gasteiger partial charge is 0.336 e. The molecule has 0 radical (unpaired) electrons. The normalized spacial score (nSPS) is 11.3. The molecule has 8 nitrogen and oxygen atoms in total. The van der Waals surface area contributed by atoms with Gasteiger partial charge in [0.1, 0.15) is 5.82 Å². The molecule has 0 bridgehead atoms. The zero-order valence-electron chi connectivity index (χ0n) is 16.9. The van der Waals surface area contributed by atoms with E-state index in [0.717, 1.165) is 27.1 Å². The van der Waals surface area contributed by atoms with Gasteiger partial charge in [-0.3, -0.25) is 14.8 Å². The number of nitrogens with zero attached hydrogens (tertiary/aromatic N) is 4. The molecule has 2 aromatic heterocycles. The summed E-state index contributed by atoms with van der Waals surface area (Å²) in [5.41, 5.74) is -0.863. The van der Waals surface area contributed by atoms with Crippen LogP contribution in [0.1, 0.15) is 27.3 Å². The van der Waals surface area contributed by atoms with Crippen LogP contribution in [-0.4, -0.2) is 38.7 Å². The highest BCUT2D eigenvalue weighted by Gasteiger charge is 2.39. The molecular weight excluding hydrogens is 452 g/mol. The van der Waals surface area contributed by atoms with Crippen molar-refractivity contribution in [2.24, 2.45) is 7.05 Å². The number of hydrogen-bond donors (Lipinski definition) is 2. The molecule has 13 heteroatoms. The van der Waals surface area contributed by atoms with Crippen LogP contribution >= 0.6 is 11.3 Å². The van der Waals surface area contributed by atoms with Crippen LogP contribution in [0, 0.1) is 5.82 Å². The van der Waals surface area contributed by atoms with Gasteiger partial charge in [-0.15, -0.1) is 11.3 Å². The van der Waals surface area contributed by atoms with E-state index in [-0.39, 0.29) is 18.2 Å². The summed E-state index contributed by atoms with van der Waals surface area (Å²) in [6.45, 7) is 0.0276. The lowest BCUT2D eigenvalue weighted by Gasteiger charge is -2.16. The van der Waals surface area contributed by atoms with Gasteiger partial charge in [-0.2, -0.15) is 18.3 Å². The number of halogens is 4. The lowest BCUT2D eigenvalue weighted by atomic mass is 10.2. The number of benzene rings is 1. The summed E-state index contributed by atoms with van der Waals surface area (Å²) in [7, 11) is 2.64. The Morgan fingerprint density at radius 1 is 1.28 bits per heavy atom. The summed E-state index contributed by atoms with van der Waals surface area (Å²) in [6.07, 6.45) is -3.75. The second-order valence-corrected chi connectivity index (χ2v) is 7.66. The monoisotopic (exact) mass is 470 g/mol. The van der Waals surface area contributed by atoms with E-state index in [1.165, 1.54) is 32.3 Å². The molecule has 0 fully saturated rings. The molecule has 3 rings (SSSR count). The fourth-order valence-electron chi connectivity index (χ4n) is 2.78. The van der Waals surface area contributed by atoms with E-state index >= 15 is 0 Å². The average Bonchev–Trinajstić information content (AvgIpc) is 3.32. The molecule has 3 amide bonds. The van der Waals surface area contributed by atoms with Crippen molar-refractivity contribution >= 4 is 28.4 Å². The molecule has 2 heterocycles. The standard InChI is InChI=1S/C19H18F4N6O2S/c1-28(16(30)14-9-29(2)27-15(14)19(21,22)23)8-13-10-32-18(25-13)26-17(31)24-7-11-4-3-5-12(20)6-11/h3-6,9-10H,7-8H2,1-2H3,(H2,24,25,26,31). The molecule has 1 aromatic carbocycles. The number of aromatic nitrogens is 3. The van der Waals surface area contributed by atoms with E-state index < -0.39 is 35.2 Å². The fourth-order valence-corrected chi connectivity index (χ4v) is 3.48. The number of anilines is 1. The number of hydrogen-bond acceptors (Lipinski definition) is 5. The third-order valence-corrected chi connectivity index (χ3v) is 4.99. The van der Waals surface area contributed by atoms with Gasteiger partial charge in [0.15, 0.2) is 10.8 Å². The predicted octanol–water partition coefficient (Wildman–Crippen LogP) is 3.63. The van der Waals surface area contributed by atoms with E-state index in [4.69, 9.17) is 0 Å². The molecular formula is C19H18F4N6O2S. The predicted molar refractivity (Wildman–Crippen MR) is 108 cm³/mol. The lowest BCUT2D eigenvalue weighted by molar-refractivity contribution is -0.141. The molecule has 3 aromatic rings. The zero-order chi connectivity index (χ0) is 23.5. The maximum absolute atomic E-state index is 13.2. The van der Waals surface area contributed by atoms with Gasteiger partial charge in [-0.1, -0.05) is 12.1 Å². The first-order chi connectivity index (χ1) is 15.0. The first-order valence-corrected chi connectivity index (χ1v) is 10.0. The van der Waals surface area contributed by atoms with Crippen molar-refractivity contribution in [2.75, 3.05) is 12.4 Å². The highest BCUT2D eigenvalue weighted by atomic mass is 32.1. The van der Waals surface area contributed by atoms with Gasteiger partial charge in [0, 0.05) is 32.2 Å². The number of alkyl halides is 3. The Labute approximate surface area is 183 Å². The van der Waals surface area contributed by atoms with E-state index in [1.54, 1.807) is 11.4 Å². The number of nitrogens with one attached hydrogen (secondary N) is 2. The van der Waals surface area contributed by atoms with Crippen molar-refractivity contribution in [3.8, 4) is 0 Å². The largest absolute Gasteiger partial charge is 0.435 e. The number of thiazole rings is 1. The summed E-state index contributed by atoms with van der Waals surface area (Å²) in [4.78, 5) is 29.7. The van der Waals surface area contributed by atoms with Crippen molar-refractivity contribution in [3.05, 3.63) is 64.2 Å². The van der Waals surface area contributed by atoms with Crippen LogP contribution in [-0.2, 0) is 26.3 Å². The molecule has 0 unspecified atom stereocenters. The van der Waals surface area contributed by atoms with Gasteiger partial charge in [0.25, 0.3) is 5.91 Å². The molecule has 32 heavy (non-hydrogen) atoms. The van der Waals surface area contributed by atoms with Gasteiger partial charge < -0.3 is 10.2 Å². The second kappa shape index (κ2) is 9.34. The van der Waals surface area contributed by atoms with Crippen molar-refractivity contribution in [3.63, 3.8) is 0 Å². The van der Waals surface area contributed by atoms with Crippen LogP contribution in [0.15, 0.2) is 35.8 Å². The van der Waals surface area contributed by atoms with Crippen molar-refractivity contribution in [2.45, 2.75) is 19.3 Å². The minimum atomic E-state index is -4.76. The lowest BCUT2D eigenvalue weighted by Crippen LogP contribution is -2.29. The molecule has 0 atom stereocenters. The first-order valence-electron chi connectivity index (χ1n) is 9.13. The maximum atomic E-state index is 13.2. The van der Waals surface area contributed by atoms with Crippen LogP contribution in [0.25, 0.3) is 0 Å². The molecule has 2 N–H and O–H groups in total. The van der Waals surface area contributed by atoms with Gasteiger partial charge in [-0.25, -0.2) is 14.2 Å². The molecule has 170 valence electrons. The Morgan fingerprint density at radius 2 is 2.03 bits per heavy atom. The molecule has 0 aliphatic heterocycles. The average molecular weight is 470 g/mol. The number of carbonyl (C=O) groups excluding carboxylic acids is 2. The van der Waals surface area contributed by atoms with E-state index in [1.807, 2.05) is 0 Å². The van der Waals surface area contributed by atoms with E-state index in [0.29, 0.717) is 11.3 Å². The van der Waals surface area contributed by atoms with Gasteiger partial charge in [-0.05, 0) is 17.7 Å². The Balaban J connectivity index is 1.57. The molecule has 0 saturated carbocycles. The third kappa shape index (κ3) is 5.81. The van der Waals surface area contributed by atoms with Gasteiger partial charge in [0.05, 0.1) is 17.8 Å². The number of amides is 3. The van der Waals surface area contributed by atoms with Crippen molar-refractivity contribution in [1.29, 1.82) is 0 Å². The Bertz CT molecular complexity index is 1130. The van der Waals surface area contributed by atoms with E-state index in [9.17, 15) is 27.2 Å². The van der Waals surface area contributed by atoms with Crippen molar-refractivity contribution < 1.29 is 27.2 Å². The molecule has 0 aliphatic rings. The SMILES string of the molecule is CN(Cc1csc(NC(=O)NCc2cccc(F)c2)n1)C(=O)c1cn(C)nc1C(F)(F)F. The second-order valence-electron chi connectivity index (χ2n) is 6.81. The van der Waals surface area contributed by atoms with Crippen LogP contribution in [0.4, 0.5) is 27.5 Å². The topological polar surface area (TPSA) is 92.2 Å². The summed E-state index contributed by atoms with van der Waals surface area (Å²) in [6, 6.07) is 5.20. The highest BCUT2D eigenvalue weighted by Crippen LogP contribution is 2.31. The molecule has 0 spiro atoms. The fraction of sp³-hybridized carbons (Fsp3) is 0.263. The summed E-state index contributed by atoms with van der Waals surface area (Å²) in [5.74, 6) is -1.28. The quantitative estimate of drug-likeness (QED) is 0.539. The first kappa shape index (κ1) is 23.2. The van der Waals surface area contributed by atoms with Crippen LogP contribution in [0.5, 0.6) is 0 Å². The van der Waals surface area contributed by atoms with E-state index in [2.05, 4.69) is 20.7 Å². The Hall–Kier alpha value is -3.48. The highest BCUT2D eigenvalue weighted by molar-refractivity contribution is 7.13. The van der Waals surface area contributed by atoms with Crippen molar-refractivity contribution in [1.82, 2.24) is 25.0 Å². The zero-order valence-corrected chi connectivity index (χ0v) is 17.7. The number of aryl methyl sites for hydroxylation is 1. The van der Waals surface area contributed by atoms with Crippen LogP contribution in [0.2, 0.25) is 0 Å². The summed E-state index contributed by atoms with van der Waals surface area (Å²) >= 11 is 1.09. The summed E-state index contributed by atoms with van der Waals surface area (Å²) < 4.78 is 53.4.